The fourth-order valence-corrected chi connectivity index (χ4v) is 13.1. The molecule has 0 spiro atoms. The number of hydrogen-bond donors (Lipinski definition) is 6. The van der Waals surface area contributed by atoms with Crippen LogP contribution in [0.4, 0.5) is 0 Å². The van der Waals surface area contributed by atoms with E-state index in [0.717, 1.165) is 57.8 Å². The van der Waals surface area contributed by atoms with Gasteiger partial charge in [0.25, 0.3) is 0 Å². The van der Waals surface area contributed by atoms with Crippen molar-refractivity contribution < 1.29 is 49.3 Å². The van der Waals surface area contributed by atoms with Crippen molar-refractivity contribution in [1.82, 2.24) is 5.32 Å². The van der Waals surface area contributed by atoms with Crippen LogP contribution in [-0.4, -0.2) is 100 Å². The Kier molecular flexibility index (Phi) is 68.0. The summed E-state index contributed by atoms with van der Waals surface area (Å²) in [6, 6.07) is -0.807. The number of unbranched alkanes of at least 4 members (excludes halogenated alkanes) is 55. The summed E-state index contributed by atoms with van der Waals surface area (Å²) in [7, 11) is 0. The zero-order chi connectivity index (χ0) is 67.2. The quantitative estimate of drug-likeness (QED) is 0.0195. The Morgan fingerprint density at radius 2 is 0.688 bits per heavy atom. The van der Waals surface area contributed by atoms with Crippen molar-refractivity contribution >= 4 is 11.9 Å². The molecule has 1 fully saturated rings. The summed E-state index contributed by atoms with van der Waals surface area (Å²) in [5.41, 5.74) is 0. The Bertz CT molecular complexity index is 1640. The van der Waals surface area contributed by atoms with E-state index in [1.165, 1.54) is 327 Å². The van der Waals surface area contributed by atoms with Crippen molar-refractivity contribution in [3.05, 3.63) is 36.5 Å². The van der Waals surface area contributed by atoms with Crippen molar-refractivity contribution in [3.63, 3.8) is 0 Å². The van der Waals surface area contributed by atoms with E-state index in [0.29, 0.717) is 19.4 Å². The highest BCUT2D eigenvalue weighted by atomic mass is 16.7. The predicted molar refractivity (Wildman–Crippen MR) is 394 cm³/mol. The molecule has 1 rings (SSSR count). The van der Waals surface area contributed by atoms with E-state index in [-0.39, 0.29) is 18.5 Å². The van der Waals surface area contributed by atoms with Crippen LogP contribution in [-0.2, 0) is 23.8 Å². The highest BCUT2D eigenvalue weighted by molar-refractivity contribution is 5.76. The van der Waals surface area contributed by atoms with E-state index in [9.17, 15) is 35.1 Å². The fourth-order valence-electron chi connectivity index (χ4n) is 13.1. The molecule has 0 aromatic heterocycles. The third-order valence-corrected chi connectivity index (χ3v) is 19.5. The average molecular weight is 1320 g/mol. The first-order valence-electron chi connectivity index (χ1n) is 40.8. The van der Waals surface area contributed by atoms with Gasteiger partial charge in [-0.15, -0.1) is 0 Å². The van der Waals surface area contributed by atoms with Crippen LogP contribution < -0.4 is 5.32 Å². The summed E-state index contributed by atoms with van der Waals surface area (Å²) in [6.07, 6.45) is 83.2. The van der Waals surface area contributed by atoms with Crippen LogP contribution >= 0.6 is 0 Å². The first-order valence-corrected chi connectivity index (χ1v) is 40.8. The lowest BCUT2D eigenvalue weighted by atomic mass is 9.99. The Morgan fingerprint density at radius 3 is 1.05 bits per heavy atom. The highest BCUT2D eigenvalue weighted by Gasteiger charge is 2.44. The smallest absolute Gasteiger partial charge is 0.305 e. The molecule has 6 N–H and O–H groups in total. The van der Waals surface area contributed by atoms with Crippen LogP contribution in [0.25, 0.3) is 0 Å². The zero-order valence-corrected chi connectivity index (χ0v) is 61.2. The van der Waals surface area contributed by atoms with E-state index in [2.05, 4.69) is 43.5 Å². The van der Waals surface area contributed by atoms with Gasteiger partial charge in [-0.2, -0.15) is 0 Å². The summed E-state index contributed by atoms with van der Waals surface area (Å²) in [5.74, 6) is -0.167. The average Bonchev–Trinajstić information content (AvgIpc) is 0.955. The van der Waals surface area contributed by atoms with Crippen LogP contribution in [0.15, 0.2) is 36.5 Å². The van der Waals surface area contributed by atoms with Crippen LogP contribution in [0.3, 0.4) is 0 Å². The molecular formula is C82H155NO10. The molecule has 0 aromatic rings. The maximum atomic E-state index is 13.1. The van der Waals surface area contributed by atoms with E-state index < -0.39 is 49.5 Å². The summed E-state index contributed by atoms with van der Waals surface area (Å²) in [4.78, 5) is 25.1. The third-order valence-electron chi connectivity index (χ3n) is 19.5. The maximum absolute atomic E-state index is 13.1. The van der Waals surface area contributed by atoms with Gasteiger partial charge in [-0.05, 0) is 83.5 Å². The summed E-state index contributed by atoms with van der Waals surface area (Å²) >= 11 is 0. The predicted octanol–water partition coefficient (Wildman–Crippen LogP) is 22.1. The second kappa shape index (κ2) is 71.2. The molecule has 0 bridgehead atoms. The SMILES string of the molecule is CCCCC/C=C\CCCCCCCC(=O)OCCCCCCCCCCCCCCCCCCCC/C=C\CCCCCCCCCCCCCCCCCCCC(=O)NC(COC1OC(CO)C(O)C(O)C1O)C(O)/C=C/CCCCCCCCCCCCCC. The lowest BCUT2D eigenvalue weighted by Gasteiger charge is -2.40. The standard InChI is InChI=1S/C82H155NO10/c1-3-5-7-9-11-13-15-17-45-48-52-56-60-64-68-75(85)74(73-92-82-81(90)80(89)79(88)76(72-84)93-82)83-77(86)69-65-61-57-53-49-46-43-41-39-37-35-33-31-29-27-25-23-21-19-18-20-22-24-26-28-30-32-34-36-38-40-42-44-47-51-55-59-63-67-71-91-78(87)70-66-62-58-54-50-16-14-12-10-8-6-4-2/h12,14,18-19,64,68,74-76,79-82,84-85,88-90H,3-11,13,15-17,20-63,65-67,69-73H2,1-2H3,(H,83,86)/b14-12-,19-18-,68-64+. The molecule has 0 aromatic carbocycles. The molecule has 93 heavy (non-hydrogen) atoms. The van der Waals surface area contributed by atoms with Gasteiger partial charge in [0.15, 0.2) is 6.29 Å². The van der Waals surface area contributed by atoms with Gasteiger partial charge >= 0.3 is 5.97 Å². The monoisotopic (exact) mass is 1310 g/mol. The van der Waals surface area contributed by atoms with Crippen molar-refractivity contribution in [2.75, 3.05) is 19.8 Å². The Labute approximate surface area is 574 Å². The number of rotatable bonds is 73. The zero-order valence-electron chi connectivity index (χ0n) is 61.2. The van der Waals surface area contributed by atoms with Gasteiger partial charge in [0.05, 0.1) is 32.0 Å². The maximum Gasteiger partial charge on any atom is 0.305 e. The van der Waals surface area contributed by atoms with Gasteiger partial charge in [0.2, 0.25) is 5.91 Å². The van der Waals surface area contributed by atoms with Crippen LogP contribution in [0.2, 0.25) is 0 Å². The van der Waals surface area contributed by atoms with Crippen molar-refractivity contribution in [2.24, 2.45) is 0 Å². The molecule has 1 heterocycles. The number of ether oxygens (including phenoxy) is 3. The normalized spacial score (nSPS) is 17.6. The molecule has 1 amide bonds. The van der Waals surface area contributed by atoms with Gasteiger partial charge in [-0.1, -0.05) is 352 Å². The number of aliphatic hydroxyl groups is 5. The number of esters is 1. The molecule has 1 aliphatic heterocycles. The first kappa shape index (κ1) is 88.9. The summed E-state index contributed by atoms with van der Waals surface area (Å²) in [5, 5.41) is 54.6. The minimum Gasteiger partial charge on any atom is -0.466 e. The molecule has 0 saturated carbocycles. The molecule has 11 heteroatoms. The number of aliphatic hydroxyl groups excluding tert-OH is 5. The van der Waals surface area contributed by atoms with Crippen molar-refractivity contribution in [1.29, 1.82) is 0 Å². The number of carbonyl (C=O) groups is 2. The molecule has 548 valence electrons. The number of allylic oxidation sites excluding steroid dienone is 5. The number of nitrogens with one attached hydrogen (secondary N) is 1. The third kappa shape index (κ3) is 59.6. The second-order valence-electron chi connectivity index (χ2n) is 28.5. The Hall–Kier alpha value is -2.12. The summed E-state index contributed by atoms with van der Waals surface area (Å²) in [6.45, 7) is 4.37. The molecule has 0 radical (unpaired) electrons. The highest BCUT2D eigenvalue weighted by Crippen LogP contribution is 2.24. The minimum absolute atomic E-state index is 0.00714. The first-order chi connectivity index (χ1) is 45.7. The van der Waals surface area contributed by atoms with Crippen LogP contribution in [0.1, 0.15) is 412 Å². The lowest BCUT2D eigenvalue weighted by Crippen LogP contribution is -2.60. The molecule has 7 unspecified atom stereocenters. The largest absolute Gasteiger partial charge is 0.466 e. The van der Waals surface area contributed by atoms with Crippen molar-refractivity contribution in [3.8, 4) is 0 Å². The minimum atomic E-state index is -1.57. The van der Waals surface area contributed by atoms with Crippen LogP contribution in [0.5, 0.6) is 0 Å². The summed E-state index contributed by atoms with van der Waals surface area (Å²) < 4.78 is 16.8. The van der Waals surface area contributed by atoms with Gasteiger partial charge in [0.1, 0.15) is 24.4 Å². The molecule has 1 aliphatic rings. The van der Waals surface area contributed by atoms with Crippen molar-refractivity contribution in [2.45, 2.75) is 455 Å². The number of hydrogen-bond acceptors (Lipinski definition) is 10. The number of amides is 1. The van der Waals surface area contributed by atoms with Gasteiger partial charge in [-0.3, -0.25) is 9.59 Å². The van der Waals surface area contributed by atoms with E-state index in [1.54, 1.807) is 6.08 Å². The van der Waals surface area contributed by atoms with Crippen LogP contribution in [0, 0.1) is 0 Å². The Balaban J connectivity index is 1.90. The molecule has 7 atom stereocenters. The molecular weight excluding hydrogens is 1160 g/mol. The Morgan fingerprint density at radius 1 is 0.387 bits per heavy atom. The molecule has 1 saturated heterocycles. The topological polar surface area (TPSA) is 175 Å². The molecule has 0 aliphatic carbocycles. The van der Waals surface area contributed by atoms with E-state index >= 15 is 0 Å². The second-order valence-corrected chi connectivity index (χ2v) is 28.5. The van der Waals surface area contributed by atoms with Gasteiger partial charge < -0.3 is 45.1 Å². The molecule has 11 nitrogen and oxygen atoms in total. The number of carbonyl (C=O) groups excluding carboxylic acids is 2. The van der Waals surface area contributed by atoms with Gasteiger partial charge in [0, 0.05) is 12.8 Å². The van der Waals surface area contributed by atoms with E-state index in [1.807, 2.05) is 6.08 Å². The van der Waals surface area contributed by atoms with E-state index in [4.69, 9.17) is 14.2 Å². The fraction of sp³-hybridized carbons (Fsp3) is 0.902. The lowest BCUT2D eigenvalue weighted by molar-refractivity contribution is -0.302. The van der Waals surface area contributed by atoms with Gasteiger partial charge in [-0.25, -0.2) is 0 Å².